The number of carboxylic acid groups (broad SMARTS) is 1. The van der Waals surface area contributed by atoms with Crippen LogP contribution in [0.3, 0.4) is 0 Å². The lowest BCUT2D eigenvalue weighted by Crippen LogP contribution is -2.64. The Morgan fingerprint density at radius 3 is 1.28 bits per heavy atom. The predicted octanol–water partition coefficient (Wildman–Crippen LogP) is 2.11. The molecule has 0 saturated heterocycles. The molecule has 0 aliphatic carbocycles. The van der Waals surface area contributed by atoms with Gasteiger partial charge >= 0.3 is 35.7 Å². The second-order valence-corrected chi connectivity index (χ2v) is 2.86. The molecule has 0 aliphatic rings. The van der Waals surface area contributed by atoms with E-state index in [9.17, 15) is 49.1 Å². The maximum atomic E-state index is 12.4. The quantitative estimate of drug-likeness (QED) is 0.638. The van der Waals surface area contributed by atoms with Gasteiger partial charge in [-0.25, -0.2) is 4.79 Å². The molecular weight excluding hydrogens is 291 g/mol. The third-order valence-corrected chi connectivity index (χ3v) is 1.62. The topological polar surface area (TPSA) is 54.4 Å². The summed E-state index contributed by atoms with van der Waals surface area (Å²) in [7, 11) is 0. The maximum Gasteiger partial charge on any atom is 0.460 e. The first-order valence-electron chi connectivity index (χ1n) is 3.58. The van der Waals surface area contributed by atoms with Gasteiger partial charge in [-0.3, -0.25) is 4.79 Å². The zero-order chi connectivity index (χ0) is 15.2. The Hall–Kier alpha value is -1.49. The van der Waals surface area contributed by atoms with Crippen LogP contribution >= 0.6 is 0 Å². The lowest BCUT2D eigenvalue weighted by atomic mass is 10.0. The van der Waals surface area contributed by atoms with E-state index in [0.29, 0.717) is 0 Å². The number of aliphatic carboxylic acids is 1. The van der Waals surface area contributed by atoms with Gasteiger partial charge in [0.1, 0.15) is 0 Å². The van der Waals surface area contributed by atoms with Crippen molar-refractivity contribution in [1.82, 2.24) is 0 Å². The number of hydrogen-bond acceptors (Lipinski definition) is 2. The minimum atomic E-state index is -7.28. The first-order valence-corrected chi connectivity index (χ1v) is 3.58. The monoisotopic (exact) mass is 292 g/mol. The van der Waals surface area contributed by atoms with Gasteiger partial charge in [-0.05, 0) is 0 Å². The molecule has 0 rings (SSSR count). The molecule has 106 valence electrons. The summed E-state index contributed by atoms with van der Waals surface area (Å²) in [6, 6.07) is 0. The summed E-state index contributed by atoms with van der Waals surface area (Å²) in [5.74, 6) is -28.3. The highest BCUT2D eigenvalue weighted by Crippen LogP contribution is 2.53. The highest BCUT2D eigenvalue weighted by Gasteiger charge is 2.84. The Bertz CT molecular complexity index is 369. The second-order valence-electron chi connectivity index (χ2n) is 2.86. The molecule has 0 aromatic carbocycles. The fourth-order valence-corrected chi connectivity index (χ4v) is 0.652. The lowest BCUT2D eigenvalue weighted by molar-refractivity contribution is -0.388. The number of rotatable bonds is 4. The summed E-state index contributed by atoms with van der Waals surface area (Å²) in [5.41, 5.74) is 0. The third kappa shape index (κ3) is 2.10. The average molecular weight is 292 g/mol. The molecule has 0 aliphatic heterocycles. The van der Waals surface area contributed by atoms with Gasteiger partial charge in [0.05, 0.1) is 0 Å². The maximum absolute atomic E-state index is 12.4. The van der Waals surface area contributed by atoms with E-state index in [4.69, 9.17) is 5.11 Å². The molecule has 0 fully saturated rings. The van der Waals surface area contributed by atoms with Crippen LogP contribution in [0.5, 0.6) is 0 Å². The Labute approximate surface area is 91.2 Å². The molecule has 12 heteroatoms. The van der Waals surface area contributed by atoms with E-state index in [1.165, 1.54) is 0 Å². The lowest BCUT2D eigenvalue weighted by Gasteiger charge is -2.31. The molecule has 1 N–H and O–H groups in total. The summed E-state index contributed by atoms with van der Waals surface area (Å²) >= 11 is 0. The van der Waals surface area contributed by atoms with Crippen molar-refractivity contribution in [2.75, 3.05) is 0 Å². The van der Waals surface area contributed by atoms with E-state index in [1.807, 2.05) is 0 Å². The largest absolute Gasteiger partial charge is 0.475 e. The summed E-state index contributed by atoms with van der Waals surface area (Å²) in [5, 5.41) is 7.66. The van der Waals surface area contributed by atoms with Crippen LogP contribution in [0.2, 0.25) is 0 Å². The van der Waals surface area contributed by atoms with Gasteiger partial charge in [0.25, 0.3) is 0 Å². The summed E-state index contributed by atoms with van der Waals surface area (Å²) < 4.78 is 108. The van der Waals surface area contributed by atoms with Gasteiger partial charge in [-0.1, -0.05) is 0 Å². The van der Waals surface area contributed by atoms with Crippen LogP contribution in [0.4, 0.5) is 39.5 Å². The van der Waals surface area contributed by atoms with E-state index in [-0.39, 0.29) is 0 Å². The SMILES string of the molecule is O=C(O)C(=O)C(F)(F)C(F)(F)C(F)(F)C(F)(F)F. The normalized spacial score (nSPS) is 14.5. The zero-order valence-electron chi connectivity index (χ0n) is 7.67. The fraction of sp³-hybridized carbons (Fsp3) is 0.667. The number of ketones is 1. The van der Waals surface area contributed by atoms with Crippen LogP contribution in [-0.2, 0) is 9.59 Å². The predicted molar refractivity (Wildman–Crippen MR) is 33.5 cm³/mol. The van der Waals surface area contributed by atoms with Gasteiger partial charge in [-0.2, -0.15) is 39.5 Å². The zero-order valence-corrected chi connectivity index (χ0v) is 7.67. The Kier molecular flexibility index (Phi) is 3.68. The van der Waals surface area contributed by atoms with Crippen LogP contribution < -0.4 is 0 Å². The van der Waals surface area contributed by atoms with Crippen LogP contribution in [0, 0.1) is 0 Å². The molecule has 18 heavy (non-hydrogen) atoms. The van der Waals surface area contributed by atoms with E-state index in [1.54, 1.807) is 0 Å². The van der Waals surface area contributed by atoms with Crippen LogP contribution in [0.1, 0.15) is 0 Å². The first-order chi connectivity index (χ1) is 7.60. The van der Waals surface area contributed by atoms with Crippen molar-refractivity contribution in [3.63, 3.8) is 0 Å². The standard InChI is InChI=1S/C6HF9O3/c7-3(8,1(16)2(17)18)4(9,10)5(11,12)6(13,14)15/h(H,17,18). The van der Waals surface area contributed by atoms with Gasteiger partial charge in [0.2, 0.25) is 0 Å². The van der Waals surface area contributed by atoms with E-state index in [2.05, 4.69) is 0 Å². The second kappa shape index (κ2) is 4.02. The smallest absolute Gasteiger partial charge is 0.460 e. The van der Waals surface area contributed by atoms with Crippen molar-refractivity contribution < 1.29 is 54.2 Å². The molecule has 3 nitrogen and oxygen atoms in total. The first kappa shape index (κ1) is 16.5. The minimum Gasteiger partial charge on any atom is -0.475 e. The van der Waals surface area contributed by atoms with Crippen molar-refractivity contribution >= 4 is 11.8 Å². The van der Waals surface area contributed by atoms with Gasteiger partial charge in [-0.15, -0.1) is 0 Å². The molecule has 0 aromatic rings. The highest BCUT2D eigenvalue weighted by atomic mass is 19.4. The summed E-state index contributed by atoms with van der Waals surface area (Å²) in [4.78, 5) is 19.7. The molecule has 0 atom stereocenters. The molecule has 0 amide bonds. The van der Waals surface area contributed by atoms with E-state index >= 15 is 0 Å². The minimum absolute atomic E-state index is 3.28. The van der Waals surface area contributed by atoms with Gasteiger partial charge in [0, 0.05) is 0 Å². The van der Waals surface area contributed by atoms with Crippen LogP contribution in [-0.4, -0.2) is 40.8 Å². The molecular formula is C6HF9O3. The van der Waals surface area contributed by atoms with Crippen molar-refractivity contribution in [2.24, 2.45) is 0 Å². The molecule has 0 bridgehead atoms. The fourth-order valence-electron chi connectivity index (χ4n) is 0.652. The molecule has 0 heterocycles. The summed E-state index contributed by atoms with van der Waals surface area (Å²) in [6.07, 6.45) is -7.10. The molecule has 0 spiro atoms. The average Bonchev–Trinajstić information content (AvgIpc) is 2.13. The molecule has 0 radical (unpaired) electrons. The van der Waals surface area contributed by atoms with Crippen molar-refractivity contribution in [3.05, 3.63) is 0 Å². The molecule has 0 unspecified atom stereocenters. The molecule has 0 saturated carbocycles. The number of hydrogen-bond donors (Lipinski definition) is 1. The van der Waals surface area contributed by atoms with Crippen molar-refractivity contribution in [2.45, 2.75) is 23.9 Å². The van der Waals surface area contributed by atoms with Crippen LogP contribution in [0.15, 0.2) is 0 Å². The van der Waals surface area contributed by atoms with Gasteiger partial charge in [0.15, 0.2) is 0 Å². The Balaban J connectivity index is 5.79. The summed E-state index contributed by atoms with van der Waals surface area (Å²) in [6.45, 7) is 0. The highest BCUT2D eigenvalue weighted by molar-refractivity contribution is 6.35. The number of carbonyl (C=O) groups excluding carboxylic acids is 1. The van der Waals surface area contributed by atoms with E-state index < -0.39 is 35.7 Å². The molecule has 0 aromatic heterocycles. The van der Waals surface area contributed by atoms with Gasteiger partial charge < -0.3 is 5.11 Å². The van der Waals surface area contributed by atoms with Crippen molar-refractivity contribution in [3.8, 4) is 0 Å². The number of alkyl halides is 9. The number of carbonyl (C=O) groups is 2. The third-order valence-electron chi connectivity index (χ3n) is 1.62. The van der Waals surface area contributed by atoms with Crippen LogP contribution in [0.25, 0.3) is 0 Å². The Morgan fingerprint density at radius 2 is 1.06 bits per heavy atom. The van der Waals surface area contributed by atoms with Crippen molar-refractivity contribution in [1.29, 1.82) is 0 Å². The number of Topliss-reactive ketones (excluding diaryl/α,β-unsaturated/α-hetero) is 1. The Morgan fingerprint density at radius 1 is 0.722 bits per heavy atom. The number of halogens is 9. The van der Waals surface area contributed by atoms with E-state index in [0.717, 1.165) is 0 Å². The number of carboxylic acids is 1.